The van der Waals surface area contributed by atoms with E-state index in [2.05, 4.69) is 0 Å². The molecule has 3 heteroatoms. The Kier molecular flexibility index (Phi) is 5.48. The molecule has 0 N–H and O–H groups in total. The van der Waals surface area contributed by atoms with Gasteiger partial charge in [0.05, 0.1) is 6.61 Å². The molecule has 0 radical (unpaired) electrons. The topological polar surface area (TPSA) is 26.3 Å². The number of rotatable bonds is 5. The molecule has 0 bridgehead atoms. The summed E-state index contributed by atoms with van der Waals surface area (Å²) in [5.41, 5.74) is 0. The van der Waals surface area contributed by atoms with Crippen molar-refractivity contribution < 1.29 is 9.53 Å². The van der Waals surface area contributed by atoms with E-state index in [1.54, 1.807) is 23.5 Å². The summed E-state index contributed by atoms with van der Waals surface area (Å²) in [4.78, 5) is 12.3. The normalized spacial score (nSPS) is 11.3. The number of carbonyl (C=O) groups is 1. The lowest BCUT2D eigenvalue weighted by Crippen LogP contribution is -2.03. The molecule has 0 aliphatic rings. The summed E-state index contributed by atoms with van der Waals surface area (Å²) in [5.74, 6) is -0.287. The van der Waals surface area contributed by atoms with E-state index in [0.29, 0.717) is 6.61 Å². The lowest BCUT2D eigenvalue weighted by molar-refractivity contribution is -0.137. The van der Waals surface area contributed by atoms with Crippen LogP contribution in [0.15, 0.2) is 41.8 Å². The zero-order valence-electron chi connectivity index (χ0n) is 8.68. The fourth-order valence-corrected chi connectivity index (χ4v) is 1.69. The van der Waals surface area contributed by atoms with Gasteiger partial charge < -0.3 is 4.74 Å². The molecular formula is C12H14O2S. The van der Waals surface area contributed by atoms with Crippen LogP contribution in [0.1, 0.15) is 11.8 Å². The average molecular weight is 222 g/mol. The van der Waals surface area contributed by atoms with E-state index in [4.69, 9.17) is 4.74 Å². The Morgan fingerprint density at radius 3 is 3.07 bits per heavy atom. The lowest BCUT2D eigenvalue weighted by atomic mass is 10.4. The summed E-state index contributed by atoms with van der Waals surface area (Å²) in [6, 6.07) is 4.03. The number of thiophene rings is 1. The molecule has 0 saturated heterocycles. The standard InChI is InChI=1S/C12H14O2S/c1-2-3-4-7-12(13)14-9-8-11-6-5-10-15-11/h2-7,10H,8-9H2,1H3/b3-2+,7-4+. The van der Waals surface area contributed by atoms with Gasteiger partial charge in [-0.05, 0) is 18.4 Å². The molecule has 0 saturated carbocycles. The fraction of sp³-hybridized carbons (Fsp3) is 0.250. The van der Waals surface area contributed by atoms with Gasteiger partial charge in [-0.3, -0.25) is 0 Å². The SMILES string of the molecule is C/C=C/C=C/C(=O)OCCc1cccs1. The first kappa shape index (κ1) is 11.7. The zero-order chi connectivity index (χ0) is 10.9. The van der Waals surface area contributed by atoms with Crippen molar-refractivity contribution in [2.24, 2.45) is 0 Å². The molecule has 0 amide bonds. The van der Waals surface area contributed by atoms with Gasteiger partial charge in [0.25, 0.3) is 0 Å². The molecule has 0 unspecified atom stereocenters. The molecule has 2 nitrogen and oxygen atoms in total. The third-order valence-electron chi connectivity index (χ3n) is 1.71. The second kappa shape index (κ2) is 7.01. The maximum absolute atomic E-state index is 11.1. The van der Waals surface area contributed by atoms with Crippen molar-refractivity contribution in [1.82, 2.24) is 0 Å². The number of esters is 1. The Bertz CT molecular complexity index is 337. The van der Waals surface area contributed by atoms with E-state index in [1.807, 2.05) is 30.5 Å². The van der Waals surface area contributed by atoms with Crippen LogP contribution >= 0.6 is 11.3 Å². The van der Waals surface area contributed by atoms with Crippen molar-refractivity contribution in [2.75, 3.05) is 6.61 Å². The van der Waals surface area contributed by atoms with Gasteiger partial charge in [0.1, 0.15) is 0 Å². The Labute approximate surface area is 93.9 Å². The first-order chi connectivity index (χ1) is 7.33. The summed E-state index contributed by atoms with van der Waals surface area (Å²) in [6.07, 6.45) is 7.54. The quantitative estimate of drug-likeness (QED) is 0.435. The predicted octanol–water partition coefficient (Wildman–Crippen LogP) is 2.97. The van der Waals surface area contributed by atoms with Crippen molar-refractivity contribution in [2.45, 2.75) is 13.3 Å². The molecule has 0 aliphatic heterocycles. The van der Waals surface area contributed by atoms with E-state index in [9.17, 15) is 4.79 Å². The van der Waals surface area contributed by atoms with Crippen LogP contribution in [0.2, 0.25) is 0 Å². The van der Waals surface area contributed by atoms with Crippen molar-refractivity contribution in [3.05, 3.63) is 46.7 Å². The van der Waals surface area contributed by atoms with Crippen LogP contribution in [0.3, 0.4) is 0 Å². The second-order valence-corrected chi connectivity index (χ2v) is 3.91. The first-order valence-corrected chi connectivity index (χ1v) is 5.69. The van der Waals surface area contributed by atoms with E-state index in [1.165, 1.54) is 11.0 Å². The number of hydrogen-bond acceptors (Lipinski definition) is 3. The van der Waals surface area contributed by atoms with E-state index in [0.717, 1.165) is 6.42 Å². The monoisotopic (exact) mass is 222 g/mol. The van der Waals surface area contributed by atoms with Crippen molar-refractivity contribution in [1.29, 1.82) is 0 Å². The molecule has 1 aromatic heterocycles. The van der Waals surface area contributed by atoms with Crippen LogP contribution in [0.4, 0.5) is 0 Å². The minimum atomic E-state index is -0.287. The molecule has 1 rings (SSSR count). The molecule has 1 heterocycles. The molecule has 0 fully saturated rings. The van der Waals surface area contributed by atoms with Crippen molar-refractivity contribution in [3.63, 3.8) is 0 Å². The number of allylic oxidation sites excluding steroid dienone is 3. The van der Waals surface area contributed by atoms with Gasteiger partial charge in [-0.1, -0.05) is 24.3 Å². The third kappa shape index (κ3) is 5.18. The second-order valence-electron chi connectivity index (χ2n) is 2.88. The van der Waals surface area contributed by atoms with Crippen LogP contribution in [0.5, 0.6) is 0 Å². The fourth-order valence-electron chi connectivity index (χ4n) is 1.00. The minimum Gasteiger partial charge on any atom is -0.462 e. The highest BCUT2D eigenvalue weighted by atomic mass is 32.1. The van der Waals surface area contributed by atoms with Crippen LogP contribution in [-0.2, 0) is 16.0 Å². The summed E-state index contributed by atoms with van der Waals surface area (Å²) < 4.78 is 5.01. The van der Waals surface area contributed by atoms with Gasteiger partial charge >= 0.3 is 5.97 Å². The molecule has 15 heavy (non-hydrogen) atoms. The summed E-state index contributed by atoms with van der Waals surface area (Å²) in [6.45, 7) is 2.34. The smallest absolute Gasteiger partial charge is 0.330 e. The Morgan fingerprint density at radius 1 is 1.53 bits per heavy atom. The Balaban J connectivity index is 2.17. The Hall–Kier alpha value is -1.35. The van der Waals surface area contributed by atoms with Gasteiger partial charge in [-0.2, -0.15) is 0 Å². The first-order valence-electron chi connectivity index (χ1n) is 4.81. The lowest BCUT2D eigenvalue weighted by Gasteiger charge is -1.99. The predicted molar refractivity (Wildman–Crippen MR) is 62.9 cm³/mol. The number of hydrogen-bond donors (Lipinski definition) is 0. The van der Waals surface area contributed by atoms with Crippen molar-refractivity contribution in [3.8, 4) is 0 Å². The number of ether oxygens (including phenoxy) is 1. The summed E-state index contributed by atoms with van der Waals surface area (Å²) >= 11 is 1.68. The average Bonchev–Trinajstić information content (AvgIpc) is 2.71. The highest BCUT2D eigenvalue weighted by molar-refractivity contribution is 7.09. The van der Waals surface area contributed by atoms with Gasteiger partial charge in [0.2, 0.25) is 0 Å². The molecule has 0 atom stereocenters. The highest BCUT2D eigenvalue weighted by Gasteiger charge is 1.97. The van der Waals surface area contributed by atoms with Gasteiger partial charge in [-0.15, -0.1) is 11.3 Å². The largest absolute Gasteiger partial charge is 0.462 e. The number of carbonyl (C=O) groups excluding carboxylic acids is 1. The van der Waals surface area contributed by atoms with Crippen LogP contribution in [-0.4, -0.2) is 12.6 Å². The van der Waals surface area contributed by atoms with E-state index in [-0.39, 0.29) is 5.97 Å². The molecule has 1 aromatic rings. The molecular weight excluding hydrogens is 208 g/mol. The maximum atomic E-state index is 11.1. The highest BCUT2D eigenvalue weighted by Crippen LogP contribution is 2.08. The zero-order valence-corrected chi connectivity index (χ0v) is 9.50. The summed E-state index contributed by atoms with van der Waals surface area (Å²) in [5, 5.41) is 2.02. The van der Waals surface area contributed by atoms with E-state index >= 15 is 0 Å². The molecule has 0 aliphatic carbocycles. The molecule has 0 spiro atoms. The maximum Gasteiger partial charge on any atom is 0.330 e. The van der Waals surface area contributed by atoms with Gasteiger partial charge in [0.15, 0.2) is 0 Å². The van der Waals surface area contributed by atoms with E-state index < -0.39 is 0 Å². The van der Waals surface area contributed by atoms with Crippen LogP contribution < -0.4 is 0 Å². The van der Waals surface area contributed by atoms with Crippen molar-refractivity contribution >= 4 is 17.3 Å². The van der Waals surface area contributed by atoms with Gasteiger partial charge in [0, 0.05) is 17.4 Å². The summed E-state index contributed by atoms with van der Waals surface area (Å²) in [7, 11) is 0. The van der Waals surface area contributed by atoms with Crippen LogP contribution in [0, 0.1) is 0 Å². The Morgan fingerprint density at radius 2 is 2.40 bits per heavy atom. The van der Waals surface area contributed by atoms with Crippen LogP contribution in [0.25, 0.3) is 0 Å². The molecule has 80 valence electrons. The van der Waals surface area contributed by atoms with Gasteiger partial charge in [-0.25, -0.2) is 4.79 Å². The molecule has 0 aromatic carbocycles. The third-order valence-corrected chi connectivity index (χ3v) is 2.64. The minimum absolute atomic E-state index is 0.287.